The summed E-state index contributed by atoms with van der Waals surface area (Å²) in [6, 6.07) is 5.41. The van der Waals surface area contributed by atoms with Crippen molar-refractivity contribution in [3.05, 3.63) is 30.1 Å². The lowest BCUT2D eigenvalue weighted by Gasteiger charge is -2.25. The summed E-state index contributed by atoms with van der Waals surface area (Å²) in [5, 5.41) is 11.6. The third kappa shape index (κ3) is 5.43. The van der Waals surface area contributed by atoms with Gasteiger partial charge in [0.1, 0.15) is 11.2 Å². The topological polar surface area (TPSA) is 95.9 Å². The molecule has 1 saturated heterocycles. The molecule has 0 spiro atoms. The van der Waals surface area contributed by atoms with Gasteiger partial charge >= 0.3 is 5.97 Å². The zero-order valence-electron chi connectivity index (χ0n) is 15.2. The molecule has 2 amide bonds. The van der Waals surface area contributed by atoms with Gasteiger partial charge in [-0.05, 0) is 37.6 Å². The Bertz CT molecular complexity index is 699. The SMILES string of the molecule is COCC1(C(=O)O)CCN(C(=O)C(C)SCC(=O)Nc2ccc(F)cc2)C1. The van der Waals surface area contributed by atoms with E-state index in [2.05, 4.69) is 5.32 Å². The lowest BCUT2D eigenvalue weighted by molar-refractivity contribution is -0.151. The molecule has 2 unspecified atom stereocenters. The van der Waals surface area contributed by atoms with Gasteiger partial charge < -0.3 is 20.1 Å². The molecule has 148 valence electrons. The van der Waals surface area contributed by atoms with Crippen LogP contribution < -0.4 is 5.32 Å². The molecule has 1 fully saturated rings. The third-order valence-corrected chi connectivity index (χ3v) is 5.61. The van der Waals surface area contributed by atoms with Gasteiger partial charge in [0.15, 0.2) is 0 Å². The second-order valence-electron chi connectivity index (χ2n) is 6.54. The lowest BCUT2D eigenvalue weighted by atomic mass is 9.88. The standard InChI is InChI=1S/C18H23FN2O5S/c1-12(27-9-15(22)20-14-5-3-13(19)4-6-14)16(23)21-8-7-18(10-21,11-26-2)17(24)25/h3-6,12H,7-11H2,1-2H3,(H,20,22)(H,24,25). The van der Waals surface area contributed by atoms with E-state index in [0.29, 0.717) is 18.7 Å². The molecule has 1 heterocycles. The first-order valence-corrected chi connectivity index (χ1v) is 9.50. The molecule has 1 aromatic rings. The average molecular weight is 398 g/mol. The number of carbonyl (C=O) groups excluding carboxylic acids is 2. The summed E-state index contributed by atoms with van der Waals surface area (Å²) in [5.74, 6) is -1.81. The highest BCUT2D eigenvalue weighted by atomic mass is 32.2. The molecule has 2 atom stereocenters. The molecule has 2 rings (SSSR count). The number of rotatable bonds is 8. The van der Waals surface area contributed by atoms with Crippen LogP contribution in [0.3, 0.4) is 0 Å². The van der Waals surface area contributed by atoms with E-state index in [0.717, 1.165) is 0 Å². The molecular weight excluding hydrogens is 375 g/mol. The summed E-state index contributed by atoms with van der Waals surface area (Å²) in [6.07, 6.45) is 0.338. The molecule has 2 N–H and O–H groups in total. The maximum atomic E-state index is 12.9. The monoisotopic (exact) mass is 398 g/mol. The molecule has 0 bridgehead atoms. The number of carboxylic acids is 1. The van der Waals surface area contributed by atoms with E-state index in [1.807, 2.05) is 0 Å². The number of carboxylic acid groups (broad SMARTS) is 1. The number of halogens is 1. The molecule has 1 aliphatic rings. The van der Waals surface area contributed by atoms with E-state index in [1.165, 1.54) is 48.0 Å². The zero-order valence-corrected chi connectivity index (χ0v) is 16.1. The largest absolute Gasteiger partial charge is 0.481 e. The number of carbonyl (C=O) groups is 3. The maximum absolute atomic E-state index is 12.9. The number of methoxy groups -OCH3 is 1. The molecule has 1 aliphatic heterocycles. The van der Waals surface area contributed by atoms with E-state index in [9.17, 15) is 23.9 Å². The molecule has 9 heteroatoms. The Morgan fingerprint density at radius 3 is 2.63 bits per heavy atom. The Hall–Kier alpha value is -2.13. The van der Waals surface area contributed by atoms with Gasteiger partial charge in [-0.3, -0.25) is 14.4 Å². The van der Waals surface area contributed by atoms with Crippen molar-refractivity contribution in [2.75, 3.05) is 37.9 Å². The van der Waals surface area contributed by atoms with Crippen molar-refractivity contribution in [2.45, 2.75) is 18.6 Å². The fourth-order valence-corrected chi connectivity index (χ4v) is 3.72. The van der Waals surface area contributed by atoms with Crippen molar-refractivity contribution < 1.29 is 28.6 Å². The number of amides is 2. The number of ether oxygens (including phenoxy) is 1. The van der Waals surface area contributed by atoms with Crippen LogP contribution in [0, 0.1) is 11.2 Å². The maximum Gasteiger partial charge on any atom is 0.313 e. The van der Waals surface area contributed by atoms with Crippen molar-refractivity contribution >= 4 is 35.2 Å². The molecule has 0 aromatic heterocycles. The summed E-state index contributed by atoms with van der Waals surface area (Å²) >= 11 is 1.17. The van der Waals surface area contributed by atoms with Crippen LogP contribution in [0.5, 0.6) is 0 Å². The van der Waals surface area contributed by atoms with Gasteiger partial charge in [-0.1, -0.05) is 0 Å². The van der Waals surface area contributed by atoms with Crippen LogP contribution in [0.25, 0.3) is 0 Å². The van der Waals surface area contributed by atoms with Crippen LogP contribution in [-0.2, 0) is 19.1 Å². The second kappa shape index (κ2) is 9.18. The number of thioether (sulfide) groups is 1. The van der Waals surface area contributed by atoms with Gasteiger partial charge in [-0.25, -0.2) is 4.39 Å². The Labute approximate surface area is 161 Å². The van der Waals surface area contributed by atoms with Crippen molar-refractivity contribution in [1.82, 2.24) is 4.90 Å². The number of aliphatic carboxylic acids is 1. The fourth-order valence-electron chi connectivity index (χ4n) is 2.95. The van der Waals surface area contributed by atoms with Crippen LogP contribution in [-0.4, -0.2) is 65.6 Å². The third-order valence-electron chi connectivity index (χ3n) is 4.48. The number of anilines is 1. The minimum absolute atomic E-state index is 0.0493. The summed E-state index contributed by atoms with van der Waals surface area (Å²) < 4.78 is 17.9. The number of likely N-dealkylation sites (tertiary alicyclic amines) is 1. The number of nitrogens with one attached hydrogen (secondary N) is 1. The predicted octanol–water partition coefficient (Wildman–Crippen LogP) is 1.84. The smallest absolute Gasteiger partial charge is 0.313 e. The predicted molar refractivity (Wildman–Crippen MR) is 100 cm³/mol. The lowest BCUT2D eigenvalue weighted by Crippen LogP contribution is -2.42. The van der Waals surface area contributed by atoms with Crippen LogP contribution in [0.15, 0.2) is 24.3 Å². The minimum atomic E-state index is -1.07. The quantitative estimate of drug-likeness (QED) is 0.694. The summed E-state index contributed by atoms with van der Waals surface area (Å²) in [4.78, 5) is 37.6. The second-order valence-corrected chi connectivity index (χ2v) is 7.87. The Balaban J connectivity index is 1.84. The van der Waals surface area contributed by atoms with Crippen molar-refractivity contribution in [2.24, 2.45) is 5.41 Å². The average Bonchev–Trinajstić information content (AvgIpc) is 3.07. The first-order chi connectivity index (χ1) is 12.8. The Morgan fingerprint density at radius 2 is 2.04 bits per heavy atom. The van der Waals surface area contributed by atoms with E-state index in [4.69, 9.17) is 4.74 Å². The molecule has 0 aliphatic carbocycles. The Morgan fingerprint density at radius 1 is 1.37 bits per heavy atom. The summed E-state index contributed by atoms with van der Waals surface area (Å²) in [7, 11) is 1.44. The highest BCUT2D eigenvalue weighted by Gasteiger charge is 2.47. The van der Waals surface area contributed by atoms with E-state index >= 15 is 0 Å². The van der Waals surface area contributed by atoms with Gasteiger partial charge in [-0.15, -0.1) is 11.8 Å². The zero-order chi connectivity index (χ0) is 20.0. The number of nitrogens with zero attached hydrogens (tertiary/aromatic N) is 1. The highest BCUT2D eigenvalue weighted by Crippen LogP contribution is 2.32. The van der Waals surface area contributed by atoms with Gasteiger partial charge in [0.2, 0.25) is 11.8 Å². The normalized spacial score (nSPS) is 20.3. The fraction of sp³-hybridized carbons (Fsp3) is 0.500. The molecule has 7 nitrogen and oxygen atoms in total. The van der Waals surface area contributed by atoms with Gasteiger partial charge in [0.05, 0.1) is 17.6 Å². The van der Waals surface area contributed by atoms with Crippen molar-refractivity contribution in [1.29, 1.82) is 0 Å². The molecular formula is C18H23FN2O5S. The minimum Gasteiger partial charge on any atom is -0.481 e. The van der Waals surface area contributed by atoms with E-state index < -0.39 is 22.5 Å². The van der Waals surface area contributed by atoms with Crippen LogP contribution in [0.2, 0.25) is 0 Å². The molecule has 0 saturated carbocycles. The van der Waals surface area contributed by atoms with Crippen LogP contribution in [0.1, 0.15) is 13.3 Å². The van der Waals surface area contributed by atoms with Crippen molar-refractivity contribution in [3.8, 4) is 0 Å². The molecule has 1 aromatic carbocycles. The van der Waals surface area contributed by atoms with E-state index in [1.54, 1.807) is 6.92 Å². The number of hydrogen-bond acceptors (Lipinski definition) is 5. The number of benzene rings is 1. The van der Waals surface area contributed by atoms with Gasteiger partial charge in [0, 0.05) is 25.9 Å². The summed E-state index contributed by atoms with van der Waals surface area (Å²) in [5.41, 5.74) is -0.597. The van der Waals surface area contributed by atoms with Crippen LogP contribution >= 0.6 is 11.8 Å². The number of hydrogen-bond donors (Lipinski definition) is 2. The molecule has 27 heavy (non-hydrogen) atoms. The first kappa shape index (κ1) is 21.2. The van der Waals surface area contributed by atoms with Gasteiger partial charge in [-0.2, -0.15) is 0 Å². The van der Waals surface area contributed by atoms with Crippen molar-refractivity contribution in [3.63, 3.8) is 0 Å². The molecule has 0 radical (unpaired) electrons. The highest BCUT2D eigenvalue weighted by molar-refractivity contribution is 8.01. The first-order valence-electron chi connectivity index (χ1n) is 8.45. The summed E-state index contributed by atoms with van der Waals surface area (Å²) in [6.45, 7) is 2.19. The van der Waals surface area contributed by atoms with E-state index in [-0.39, 0.29) is 30.7 Å². The van der Waals surface area contributed by atoms with Crippen LogP contribution in [0.4, 0.5) is 10.1 Å². The van der Waals surface area contributed by atoms with Gasteiger partial charge in [0.25, 0.3) is 0 Å². The Kier molecular flexibility index (Phi) is 7.20.